The summed E-state index contributed by atoms with van der Waals surface area (Å²) < 4.78 is 11.1. The Morgan fingerprint density at radius 1 is 1.12 bits per heavy atom. The van der Waals surface area contributed by atoms with Gasteiger partial charge in [-0.15, -0.1) is 32.9 Å². The summed E-state index contributed by atoms with van der Waals surface area (Å²) in [6, 6.07) is 10.5. The molecule has 0 amide bonds. The maximum atomic E-state index is 5.81. The van der Waals surface area contributed by atoms with Gasteiger partial charge in [0.05, 0.1) is 18.8 Å². The molecule has 0 radical (unpaired) electrons. The molecular formula is C18H15N3O2S2. The van der Waals surface area contributed by atoms with Gasteiger partial charge < -0.3 is 8.83 Å². The fraction of sp³-hybridized carbons (Fsp3) is 0.222. The van der Waals surface area contributed by atoms with E-state index in [2.05, 4.69) is 44.1 Å². The molecule has 5 nitrogen and oxygen atoms in total. The topological polar surface area (TPSA) is 55.3 Å². The summed E-state index contributed by atoms with van der Waals surface area (Å²) in [5, 5.41) is 12.7. The highest BCUT2D eigenvalue weighted by atomic mass is 32.1. The Kier molecular flexibility index (Phi) is 3.77. The van der Waals surface area contributed by atoms with Crippen molar-refractivity contribution in [2.24, 2.45) is 0 Å². The minimum absolute atomic E-state index is 0.258. The average Bonchev–Trinajstić information content (AvgIpc) is 3.39. The second-order valence-corrected chi connectivity index (χ2v) is 7.90. The molecular weight excluding hydrogens is 354 g/mol. The minimum atomic E-state index is 0.258. The third kappa shape index (κ3) is 2.74. The smallest absolute Gasteiger partial charge is 0.283 e. The third-order valence-electron chi connectivity index (χ3n) is 4.42. The third-order valence-corrected chi connectivity index (χ3v) is 6.34. The van der Waals surface area contributed by atoms with Crippen molar-refractivity contribution in [2.75, 3.05) is 6.54 Å². The van der Waals surface area contributed by atoms with Crippen LogP contribution in [0.1, 0.15) is 27.3 Å². The standard InChI is InChI=1S/C18H15N3O2S2/c1-3-13(22-8-1)18-20-19-16(23-18)11-21-7-5-14-12(6-10-25-14)17(21)15-4-2-9-24-15/h1-4,6,8-10,17H,5,7,11H2. The summed E-state index contributed by atoms with van der Waals surface area (Å²) in [7, 11) is 0. The molecule has 25 heavy (non-hydrogen) atoms. The Balaban J connectivity index is 1.45. The first kappa shape index (κ1) is 15.1. The van der Waals surface area contributed by atoms with E-state index < -0.39 is 0 Å². The molecule has 0 spiro atoms. The van der Waals surface area contributed by atoms with E-state index in [9.17, 15) is 0 Å². The highest BCUT2D eigenvalue weighted by Crippen LogP contribution is 2.40. The zero-order chi connectivity index (χ0) is 16.6. The van der Waals surface area contributed by atoms with Gasteiger partial charge in [-0.2, -0.15) is 0 Å². The van der Waals surface area contributed by atoms with Crippen LogP contribution in [0.3, 0.4) is 0 Å². The first-order valence-electron chi connectivity index (χ1n) is 8.08. The number of fused-ring (bicyclic) bond motifs is 1. The molecule has 4 aromatic heterocycles. The van der Waals surface area contributed by atoms with Crippen molar-refractivity contribution in [2.45, 2.75) is 19.0 Å². The molecule has 0 saturated heterocycles. The number of thiophene rings is 2. The summed E-state index contributed by atoms with van der Waals surface area (Å²) in [5.41, 5.74) is 1.41. The van der Waals surface area contributed by atoms with Crippen molar-refractivity contribution in [3.63, 3.8) is 0 Å². The predicted molar refractivity (Wildman–Crippen MR) is 96.6 cm³/mol. The number of aromatic nitrogens is 2. The molecule has 0 saturated carbocycles. The van der Waals surface area contributed by atoms with Crippen molar-refractivity contribution < 1.29 is 8.83 Å². The number of furan rings is 1. The van der Waals surface area contributed by atoms with E-state index in [1.165, 1.54) is 15.3 Å². The number of hydrogen-bond donors (Lipinski definition) is 0. The van der Waals surface area contributed by atoms with Crippen LogP contribution in [-0.2, 0) is 13.0 Å². The lowest BCUT2D eigenvalue weighted by Gasteiger charge is -2.34. The monoisotopic (exact) mass is 369 g/mol. The Bertz CT molecular complexity index is 956. The van der Waals surface area contributed by atoms with E-state index in [0.29, 0.717) is 24.1 Å². The van der Waals surface area contributed by atoms with Crippen LogP contribution in [0, 0.1) is 0 Å². The van der Waals surface area contributed by atoms with Gasteiger partial charge >= 0.3 is 0 Å². The van der Waals surface area contributed by atoms with Gasteiger partial charge in [0.2, 0.25) is 5.89 Å². The van der Waals surface area contributed by atoms with E-state index in [-0.39, 0.29) is 6.04 Å². The maximum Gasteiger partial charge on any atom is 0.283 e. The molecule has 1 atom stereocenters. The normalized spacial score (nSPS) is 17.7. The molecule has 7 heteroatoms. The fourth-order valence-corrected chi connectivity index (χ4v) is 5.09. The molecule has 0 aromatic carbocycles. The predicted octanol–water partition coefficient (Wildman–Crippen LogP) is 4.60. The lowest BCUT2D eigenvalue weighted by atomic mass is 9.98. The Labute approximate surface area is 152 Å². The van der Waals surface area contributed by atoms with Gasteiger partial charge in [-0.3, -0.25) is 4.90 Å². The Morgan fingerprint density at radius 3 is 2.96 bits per heavy atom. The van der Waals surface area contributed by atoms with Crippen LogP contribution in [-0.4, -0.2) is 21.6 Å². The summed E-state index contributed by atoms with van der Waals surface area (Å²) in [4.78, 5) is 5.25. The molecule has 5 rings (SSSR count). The van der Waals surface area contributed by atoms with Crippen molar-refractivity contribution in [1.29, 1.82) is 0 Å². The molecule has 4 aromatic rings. The van der Waals surface area contributed by atoms with Crippen LogP contribution in [0.15, 0.2) is 56.2 Å². The Hall–Kier alpha value is -2.22. The zero-order valence-corrected chi connectivity index (χ0v) is 14.9. The summed E-state index contributed by atoms with van der Waals surface area (Å²) in [6.07, 6.45) is 2.67. The molecule has 0 aliphatic carbocycles. The highest BCUT2D eigenvalue weighted by Gasteiger charge is 2.31. The van der Waals surface area contributed by atoms with Crippen molar-refractivity contribution >= 4 is 22.7 Å². The lowest BCUT2D eigenvalue weighted by Crippen LogP contribution is -2.34. The largest absolute Gasteiger partial charge is 0.459 e. The molecule has 1 unspecified atom stereocenters. The number of rotatable bonds is 4. The first-order chi connectivity index (χ1) is 12.4. The van der Waals surface area contributed by atoms with Gasteiger partial charge in [-0.1, -0.05) is 6.07 Å². The van der Waals surface area contributed by atoms with E-state index >= 15 is 0 Å². The number of nitrogens with zero attached hydrogens (tertiary/aromatic N) is 3. The lowest BCUT2D eigenvalue weighted by molar-refractivity contribution is 0.189. The maximum absolute atomic E-state index is 5.81. The minimum Gasteiger partial charge on any atom is -0.459 e. The second kappa shape index (κ2) is 6.25. The summed E-state index contributed by atoms with van der Waals surface area (Å²) in [5.74, 6) is 1.65. The van der Waals surface area contributed by atoms with Gasteiger partial charge in [0.15, 0.2) is 5.76 Å². The van der Waals surface area contributed by atoms with E-state index in [4.69, 9.17) is 8.83 Å². The van der Waals surface area contributed by atoms with E-state index in [1.54, 1.807) is 17.6 Å². The molecule has 1 aliphatic heterocycles. The van der Waals surface area contributed by atoms with Crippen molar-refractivity contribution in [1.82, 2.24) is 15.1 Å². The SMILES string of the molecule is c1coc(-c2nnc(CN3CCc4sccc4C3c3cccs3)o2)c1. The van der Waals surface area contributed by atoms with E-state index in [0.717, 1.165) is 13.0 Å². The van der Waals surface area contributed by atoms with Crippen LogP contribution in [0.4, 0.5) is 0 Å². The van der Waals surface area contributed by atoms with E-state index in [1.807, 2.05) is 23.5 Å². The fourth-order valence-electron chi connectivity index (χ4n) is 3.31. The van der Waals surface area contributed by atoms with Crippen LogP contribution >= 0.6 is 22.7 Å². The van der Waals surface area contributed by atoms with Gasteiger partial charge in [0, 0.05) is 16.3 Å². The van der Waals surface area contributed by atoms with Crippen molar-refractivity contribution in [3.8, 4) is 11.7 Å². The molecule has 0 fully saturated rings. The van der Waals surface area contributed by atoms with Gasteiger partial charge in [0.1, 0.15) is 0 Å². The number of hydrogen-bond acceptors (Lipinski definition) is 7. The molecule has 126 valence electrons. The van der Waals surface area contributed by atoms with Crippen molar-refractivity contribution in [3.05, 3.63) is 68.6 Å². The quantitative estimate of drug-likeness (QED) is 0.526. The van der Waals surface area contributed by atoms with Crippen LogP contribution in [0.5, 0.6) is 0 Å². The Morgan fingerprint density at radius 2 is 2.12 bits per heavy atom. The molecule has 0 N–H and O–H groups in total. The zero-order valence-electron chi connectivity index (χ0n) is 13.3. The molecule has 0 bridgehead atoms. The summed E-state index contributed by atoms with van der Waals surface area (Å²) >= 11 is 3.65. The van der Waals surface area contributed by atoms with Crippen LogP contribution < -0.4 is 0 Å². The molecule has 1 aliphatic rings. The average molecular weight is 369 g/mol. The van der Waals surface area contributed by atoms with Crippen LogP contribution in [0.2, 0.25) is 0 Å². The highest BCUT2D eigenvalue weighted by molar-refractivity contribution is 7.10. The van der Waals surface area contributed by atoms with Gasteiger partial charge in [-0.25, -0.2) is 0 Å². The molecule has 5 heterocycles. The second-order valence-electron chi connectivity index (χ2n) is 5.92. The van der Waals surface area contributed by atoms with Gasteiger partial charge in [0.25, 0.3) is 5.89 Å². The summed E-state index contributed by atoms with van der Waals surface area (Å²) in [6.45, 7) is 1.61. The first-order valence-corrected chi connectivity index (χ1v) is 9.84. The van der Waals surface area contributed by atoms with Crippen LogP contribution in [0.25, 0.3) is 11.7 Å². The van der Waals surface area contributed by atoms with Gasteiger partial charge in [-0.05, 0) is 47.0 Å².